The largest absolute Gasteiger partial charge is 0.358 e. The lowest BCUT2D eigenvalue weighted by atomic mass is 10.5. The van der Waals surface area contributed by atoms with E-state index in [0.29, 0.717) is 4.60 Å². The smallest absolute Gasteiger partial charge is 0.151 e. The molecule has 60 valence electrons. The van der Waals surface area contributed by atoms with Gasteiger partial charge in [-0.2, -0.15) is 0 Å². The summed E-state index contributed by atoms with van der Waals surface area (Å²) in [7, 11) is 0. The van der Waals surface area contributed by atoms with Crippen LogP contribution in [0.2, 0.25) is 0 Å². The third kappa shape index (κ3) is 2.15. The average Bonchev–Trinajstić information content (AvgIpc) is 2.17. The second-order valence-electron chi connectivity index (χ2n) is 1.66. The van der Waals surface area contributed by atoms with Crippen molar-refractivity contribution in [1.29, 1.82) is 0 Å². The molecule has 0 amide bonds. The van der Waals surface area contributed by atoms with Crippen LogP contribution in [0, 0.1) is 0 Å². The zero-order valence-corrected chi connectivity index (χ0v) is 6.96. The van der Waals surface area contributed by atoms with E-state index in [4.69, 9.17) is 11.0 Å². The van der Waals surface area contributed by atoms with Crippen molar-refractivity contribution in [1.82, 2.24) is 10.2 Å². The van der Waals surface area contributed by atoms with Crippen molar-refractivity contribution in [2.24, 2.45) is 0 Å². The number of rotatable bonds is 2. The summed E-state index contributed by atoms with van der Waals surface area (Å²) in [6, 6.07) is 2.52. The second-order valence-corrected chi connectivity index (χ2v) is 2.47. The van der Waals surface area contributed by atoms with Gasteiger partial charge in [-0.3, -0.25) is 0 Å². The fraction of sp³-hybridized carbons (Fsp3) is 0.429. The number of hydrogen-bond donors (Lipinski definition) is 0. The monoisotopic (exact) mass is 223 g/mol. The summed E-state index contributed by atoms with van der Waals surface area (Å²) in [6.07, 6.45) is 0. The average molecular weight is 224 g/mol. The van der Waals surface area contributed by atoms with Gasteiger partial charge in [0.15, 0.2) is 5.82 Å². The van der Waals surface area contributed by atoms with Gasteiger partial charge in [-0.15, -0.1) is 10.2 Å². The van der Waals surface area contributed by atoms with E-state index >= 15 is 0 Å². The van der Waals surface area contributed by atoms with Crippen molar-refractivity contribution in [2.45, 2.75) is 6.85 Å². The molecule has 1 aromatic rings. The molecule has 0 saturated heterocycles. The van der Waals surface area contributed by atoms with Crippen LogP contribution in [-0.4, -0.2) is 23.7 Å². The molecule has 4 heteroatoms. The minimum absolute atomic E-state index is 0.131. The van der Waals surface area contributed by atoms with Crippen LogP contribution in [0.1, 0.15) is 17.8 Å². The van der Waals surface area contributed by atoms with Crippen LogP contribution in [0.5, 0.6) is 0 Å². The maximum atomic E-state index is 7.57. The third-order valence-electron chi connectivity index (χ3n) is 0.959. The number of halogens is 1. The van der Waals surface area contributed by atoms with Gasteiger partial charge in [-0.1, -0.05) is 0 Å². The Morgan fingerprint density at radius 3 is 3.18 bits per heavy atom. The number of hydrogen-bond acceptors (Lipinski definition) is 3. The molecule has 0 aliphatic rings. The minimum atomic E-state index is -3.16. The summed E-state index contributed by atoms with van der Waals surface area (Å²) in [5.41, 5.74) is 0. The zero-order chi connectivity index (χ0) is 15.1. The van der Waals surface area contributed by atoms with E-state index in [0.717, 1.165) is 0 Å². The molecule has 0 atom stereocenters. The van der Waals surface area contributed by atoms with Crippen LogP contribution in [-0.2, 0) is 0 Å². The van der Waals surface area contributed by atoms with Crippen LogP contribution >= 0.6 is 15.9 Å². The Labute approximate surface area is 85.8 Å². The molecule has 0 spiro atoms. The highest BCUT2D eigenvalue weighted by atomic mass is 79.9. The Kier molecular flexibility index (Phi) is 0.897. The van der Waals surface area contributed by atoms with E-state index in [2.05, 4.69) is 26.1 Å². The van der Waals surface area contributed by atoms with Crippen LogP contribution < -0.4 is 4.90 Å². The summed E-state index contributed by atoms with van der Waals surface area (Å²) < 4.78 is 58.8. The third-order valence-corrected chi connectivity index (χ3v) is 1.38. The quantitative estimate of drug-likeness (QED) is 0.765. The van der Waals surface area contributed by atoms with Crippen molar-refractivity contribution in [3.8, 4) is 0 Å². The van der Waals surface area contributed by atoms with E-state index in [1.807, 2.05) is 0 Å². The normalized spacial score (nSPS) is 24.1. The highest BCUT2D eigenvalue weighted by molar-refractivity contribution is 9.10. The molecule has 3 nitrogen and oxygen atoms in total. The van der Waals surface area contributed by atoms with Crippen LogP contribution in [0.3, 0.4) is 0 Å². The topological polar surface area (TPSA) is 29.0 Å². The highest BCUT2D eigenvalue weighted by Gasteiger charge is 1.98. The lowest BCUT2D eigenvalue weighted by Crippen LogP contribution is -2.17. The molecule has 11 heavy (non-hydrogen) atoms. The van der Waals surface area contributed by atoms with Gasteiger partial charge < -0.3 is 4.90 Å². The molecule has 0 fully saturated rings. The fourth-order valence-corrected chi connectivity index (χ4v) is 0.697. The highest BCUT2D eigenvalue weighted by Crippen LogP contribution is 2.09. The van der Waals surface area contributed by atoms with Crippen molar-refractivity contribution in [2.75, 3.05) is 18.4 Å². The minimum Gasteiger partial charge on any atom is -0.358 e. The summed E-state index contributed by atoms with van der Waals surface area (Å²) >= 11 is 3.00. The van der Waals surface area contributed by atoms with Crippen molar-refractivity contribution in [3.05, 3.63) is 16.7 Å². The predicted octanol–water partition coefficient (Wildman–Crippen LogP) is 1.70. The zero-order valence-electron chi connectivity index (χ0n) is 13.4. The van der Waals surface area contributed by atoms with Crippen LogP contribution in [0.25, 0.3) is 0 Å². The van der Waals surface area contributed by atoms with E-state index in [-0.39, 0.29) is 10.7 Å². The second kappa shape index (κ2) is 3.67. The number of nitrogens with zero attached hydrogens (tertiary/aromatic N) is 3. The molecule has 0 unspecified atom stereocenters. The molecule has 0 N–H and O–H groups in total. The van der Waals surface area contributed by atoms with E-state index in [1.165, 1.54) is 12.1 Å². The van der Waals surface area contributed by atoms with Gasteiger partial charge in [0.05, 0.1) is 0 Å². The molecule has 0 aliphatic carbocycles. The number of aromatic nitrogens is 2. The van der Waals surface area contributed by atoms with Gasteiger partial charge in [0.25, 0.3) is 0 Å². The van der Waals surface area contributed by atoms with E-state index in [1.54, 1.807) is 0 Å². The van der Waals surface area contributed by atoms with Gasteiger partial charge in [-0.25, -0.2) is 0 Å². The van der Waals surface area contributed by atoms with E-state index < -0.39 is 20.3 Å². The summed E-state index contributed by atoms with van der Waals surface area (Å²) in [6.45, 7) is -9.28. The molecular formula is C7H10BrN3. The molecule has 0 bridgehead atoms. The molecule has 0 saturated carbocycles. The Bertz CT molecular complexity index is 439. The standard InChI is InChI=1S/C7H10BrN3/c1-3-11(2)7-5-4-6(8)9-10-7/h4-5H,3H2,1-2H3/i1D3,2D3,3D2. The molecule has 0 aromatic carbocycles. The van der Waals surface area contributed by atoms with Crippen LogP contribution in [0.4, 0.5) is 5.82 Å². The van der Waals surface area contributed by atoms with Crippen LogP contribution in [0.15, 0.2) is 16.7 Å². The Morgan fingerprint density at radius 1 is 1.73 bits per heavy atom. The lowest BCUT2D eigenvalue weighted by molar-refractivity contribution is 0.889. The molecule has 0 aliphatic heterocycles. The summed E-state index contributed by atoms with van der Waals surface area (Å²) in [5, 5.41) is 7.04. The van der Waals surface area contributed by atoms with Gasteiger partial charge in [0.2, 0.25) is 0 Å². The Morgan fingerprint density at radius 2 is 2.64 bits per heavy atom. The van der Waals surface area contributed by atoms with Crippen molar-refractivity contribution < 1.29 is 11.0 Å². The first kappa shape index (κ1) is 2.69. The van der Waals surface area contributed by atoms with Gasteiger partial charge in [0, 0.05) is 24.4 Å². The molecule has 1 heterocycles. The fourth-order valence-electron chi connectivity index (χ4n) is 0.485. The number of anilines is 1. The first-order chi connectivity index (χ1) is 8.37. The SMILES string of the molecule is [2H]C([2H])([2H])N(c1ccc(Br)nn1)C([2H])([2H])C([2H])([2H])[2H]. The van der Waals surface area contributed by atoms with Crippen molar-refractivity contribution >= 4 is 21.7 Å². The first-order valence-corrected chi connectivity index (χ1v) is 3.46. The Hall–Kier alpha value is -0.640. The molecule has 0 radical (unpaired) electrons. The maximum Gasteiger partial charge on any atom is 0.151 e. The van der Waals surface area contributed by atoms with Crippen molar-refractivity contribution in [3.63, 3.8) is 0 Å². The Balaban J connectivity index is 3.36. The van der Waals surface area contributed by atoms with Gasteiger partial charge in [0.1, 0.15) is 4.60 Å². The summed E-state index contributed by atoms with van der Waals surface area (Å²) in [4.78, 5) is 0.131. The molecule has 1 rings (SSSR count). The molecular weight excluding hydrogens is 206 g/mol. The predicted molar refractivity (Wildman–Crippen MR) is 48.7 cm³/mol. The lowest BCUT2D eigenvalue weighted by Gasteiger charge is -2.13. The molecule has 1 aromatic heterocycles. The van der Waals surface area contributed by atoms with Gasteiger partial charge in [-0.05, 0) is 34.9 Å². The first-order valence-electron chi connectivity index (χ1n) is 6.67. The maximum absolute atomic E-state index is 7.57. The van der Waals surface area contributed by atoms with Gasteiger partial charge >= 0.3 is 0 Å². The van der Waals surface area contributed by atoms with E-state index in [9.17, 15) is 0 Å². The summed E-state index contributed by atoms with van der Waals surface area (Å²) in [5.74, 6) is -0.385.